The molecule has 0 aromatic rings. The number of nitrogens with two attached hydrogens (primary N) is 1. The van der Waals surface area contributed by atoms with Crippen molar-refractivity contribution in [2.45, 2.75) is 40.0 Å². The molecule has 14 heavy (non-hydrogen) atoms. The van der Waals surface area contributed by atoms with Gasteiger partial charge in [0.2, 0.25) is 0 Å². The molecule has 1 saturated heterocycles. The molecule has 2 heteroatoms. The van der Waals surface area contributed by atoms with Crippen molar-refractivity contribution in [3.05, 3.63) is 0 Å². The molecule has 0 radical (unpaired) electrons. The van der Waals surface area contributed by atoms with Crippen molar-refractivity contribution < 1.29 is 0 Å². The SMILES string of the molecule is CCCN1CCC(CCN)C(C)(C)C1. The number of nitrogens with zero attached hydrogens (tertiary/aromatic N) is 1. The van der Waals surface area contributed by atoms with Crippen LogP contribution in [0.25, 0.3) is 0 Å². The van der Waals surface area contributed by atoms with Gasteiger partial charge in [-0.2, -0.15) is 0 Å². The molecule has 0 saturated carbocycles. The molecule has 1 heterocycles. The normalized spacial score (nSPS) is 27.9. The largest absolute Gasteiger partial charge is 0.330 e. The van der Waals surface area contributed by atoms with E-state index in [-0.39, 0.29) is 0 Å². The summed E-state index contributed by atoms with van der Waals surface area (Å²) in [6, 6.07) is 0. The summed E-state index contributed by atoms with van der Waals surface area (Å²) in [5.41, 5.74) is 6.13. The minimum Gasteiger partial charge on any atom is -0.330 e. The van der Waals surface area contributed by atoms with E-state index < -0.39 is 0 Å². The monoisotopic (exact) mass is 198 g/mol. The summed E-state index contributed by atoms with van der Waals surface area (Å²) < 4.78 is 0. The van der Waals surface area contributed by atoms with Crippen molar-refractivity contribution in [1.29, 1.82) is 0 Å². The Kier molecular flexibility index (Phi) is 4.39. The predicted octanol–water partition coefficient (Wildman–Crippen LogP) is 2.09. The molecular formula is C12H26N2. The Morgan fingerprint density at radius 2 is 2.14 bits per heavy atom. The van der Waals surface area contributed by atoms with Gasteiger partial charge in [-0.05, 0) is 50.2 Å². The molecule has 0 aromatic carbocycles. The van der Waals surface area contributed by atoms with Crippen molar-refractivity contribution in [3.63, 3.8) is 0 Å². The second-order valence-electron chi connectivity index (χ2n) is 5.33. The quantitative estimate of drug-likeness (QED) is 0.749. The Morgan fingerprint density at radius 1 is 1.43 bits per heavy atom. The van der Waals surface area contributed by atoms with Crippen molar-refractivity contribution >= 4 is 0 Å². The smallest absolute Gasteiger partial charge is 0.00353 e. The van der Waals surface area contributed by atoms with Crippen LogP contribution in [0.2, 0.25) is 0 Å². The second-order valence-corrected chi connectivity index (χ2v) is 5.33. The van der Waals surface area contributed by atoms with Crippen LogP contribution in [-0.2, 0) is 0 Å². The first kappa shape index (κ1) is 12.0. The van der Waals surface area contributed by atoms with Crippen LogP contribution in [0.15, 0.2) is 0 Å². The van der Waals surface area contributed by atoms with Crippen molar-refractivity contribution in [3.8, 4) is 0 Å². The maximum Gasteiger partial charge on any atom is 0.00353 e. The highest BCUT2D eigenvalue weighted by Crippen LogP contribution is 2.36. The minimum absolute atomic E-state index is 0.465. The standard InChI is InChI=1S/C12H26N2/c1-4-8-14-9-6-11(5-7-13)12(2,3)10-14/h11H,4-10,13H2,1-3H3. The third kappa shape index (κ3) is 2.96. The van der Waals surface area contributed by atoms with E-state index in [1.54, 1.807) is 0 Å². The average molecular weight is 198 g/mol. The lowest BCUT2D eigenvalue weighted by Gasteiger charge is -2.44. The Balaban J connectivity index is 2.47. The Labute approximate surface area is 88.8 Å². The lowest BCUT2D eigenvalue weighted by molar-refractivity contribution is 0.0519. The number of likely N-dealkylation sites (tertiary alicyclic amines) is 1. The Morgan fingerprint density at radius 3 is 2.64 bits per heavy atom. The van der Waals surface area contributed by atoms with E-state index in [1.165, 1.54) is 38.9 Å². The fourth-order valence-corrected chi connectivity index (χ4v) is 2.76. The van der Waals surface area contributed by atoms with E-state index in [0.717, 1.165) is 12.5 Å². The molecule has 1 atom stereocenters. The first-order valence-corrected chi connectivity index (χ1v) is 6.02. The molecule has 1 fully saturated rings. The maximum absolute atomic E-state index is 5.66. The molecule has 2 nitrogen and oxygen atoms in total. The molecule has 1 rings (SSSR count). The fraction of sp³-hybridized carbons (Fsp3) is 1.00. The third-order valence-electron chi connectivity index (χ3n) is 3.59. The van der Waals surface area contributed by atoms with E-state index in [1.807, 2.05) is 0 Å². The molecule has 0 bridgehead atoms. The molecule has 84 valence electrons. The highest BCUT2D eigenvalue weighted by Gasteiger charge is 2.34. The van der Waals surface area contributed by atoms with Gasteiger partial charge in [-0.3, -0.25) is 0 Å². The van der Waals surface area contributed by atoms with Crippen LogP contribution < -0.4 is 5.73 Å². The molecule has 2 N–H and O–H groups in total. The highest BCUT2D eigenvalue weighted by atomic mass is 15.1. The van der Waals surface area contributed by atoms with Crippen molar-refractivity contribution in [2.24, 2.45) is 17.1 Å². The third-order valence-corrected chi connectivity index (χ3v) is 3.59. The first-order valence-electron chi connectivity index (χ1n) is 6.02. The average Bonchev–Trinajstić information content (AvgIpc) is 2.10. The predicted molar refractivity (Wildman–Crippen MR) is 62.3 cm³/mol. The second kappa shape index (κ2) is 5.13. The van der Waals surface area contributed by atoms with E-state index in [2.05, 4.69) is 25.7 Å². The van der Waals surface area contributed by atoms with E-state index >= 15 is 0 Å². The minimum atomic E-state index is 0.465. The lowest BCUT2D eigenvalue weighted by atomic mass is 9.72. The highest BCUT2D eigenvalue weighted by molar-refractivity contribution is 4.87. The molecule has 0 aromatic heterocycles. The molecule has 1 unspecified atom stereocenters. The van der Waals surface area contributed by atoms with Crippen LogP contribution in [0.5, 0.6) is 0 Å². The van der Waals surface area contributed by atoms with Crippen LogP contribution in [0.1, 0.15) is 40.0 Å². The van der Waals surface area contributed by atoms with Gasteiger partial charge in [-0.15, -0.1) is 0 Å². The lowest BCUT2D eigenvalue weighted by Crippen LogP contribution is -2.46. The Hall–Kier alpha value is -0.0800. The summed E-state index contributed by atoms with van der Waals surface area (Å²) in [5, 5.41) is 0. The summed E-state index contributed by atoms with van der Waals surface area (Å²) in [7, 11) is 0. The first-order chi connectivity index (χ1) is 6.60. The number of hydrogen-bond donors (Lipinski definition) is 1. The number of piperidine rings is 1. The molecular weight excluding hydrogens is 172 g/mol. The summed E-state index contributed by atoms with van der Waals surface area (Å²) in [6.45, 7) is 11.7. The maximum atomic E-state index is 5.66. The van der Waals surface area contributed by atoms with Crippen LogP contribution in [0.4, 0.5) is 0 Å². The van der Waals surface area contributed by atoms with E-state index in [9.17, 15) is 0 Å². The van der Waals surface area contributed by atoms with Crippen LogP contribution in [0, 0.1) is 11.3 Å². The number of hydrogen-bond acceptors (Lipinski definition) is 2. The zero-order valence-electron chi connectivity index (χ0n) is 10.1. The van der Waals surface area contributed by atoms with Gasteiger partial charge < -0.3 is 10.6 Å². The summed E-state index contributed by atoms with van der Waals surface area (Å²) >= 11 is 0. The zero-order chi connectivity index (χ0) is 10.6. The zero-order valence-corrected chi connectivity index (χ0v) is 10.1. The van der Waals surface area contributed by atoms with Gasteiger partial charge in [0, 0.05) is 6.54 Å². The Bertz CT molecular complexity index is 166. The van der Waals surface area contributed by atoms with Gasteiger partial charge in [0.15, 0.2) is 0 Å². The molecule has 1 aliphatic heterocycles. The molecule has 0 aliphatic carbocycles. The summed E-state index contributed by atoms with van der Waals surface area (Å²) in [6.07, 6.45) is 3.81. The van der Waals surface area contributed by atoms with Gasteiger partial charge in [-0.1, -0.05) is 20.8 Å². The molecule has 1 aliphatic rings. The van der Waals surface area contributed by atoms with Gasteiger partial charge in [0.25, 0.3) is 0 Å². The molecule has 0 amide bonds. The summed E-state index contributed by atoms with van der Waals surface area (Å²) in [4.78, 5) is 2.60. The molecule has 0 spiro atoms. The van der Waals surface area contributed by atoms with Gasteiger partial charge in [0.05, 0.1) is 0 Å². The van der Waals surface area contributed by atoms with Gasteiger partial charge in [-0.25, -0.2) is 0 Å². The van der Waals surface area contributed by atoms with Crippen molar-refractivity contribution in [1.82, 2.24) is 4.90 Å². The van der Waals surface area contributed by atoms with E-state index in [0.29, 0.717) is 5.41 Å². The van der Waals surface area contributed by atoms with Crippen LogP contribution in [-0.4, -0.2) is 31.1 Å². The van der Waals surface area contributed by atoms with Crippen molar-refractivity contribution in [2.75, 3.05) is 26.2 Å². The van der Waals surface area contributed by atoms with Crippen LogP contribution in [0.3, 0.4) is 0 Å². The number of rotatable bonds is 4. The van der Waals surface area contributed by atoms with Gasteiger partial charge >= 0.3 is 0 Å². The van der Waals surface area contributed by atoms with Gasteiger partial charge in [0.1, 0.15) is 0 Å². The van der Waals surface area contributed by atoms with Crippen LogP contribution >= 0.6 is 0 Å². The summed E-state index contributed by atoms with van der Waals surface area (Å²) in [5.74, 6) is 0.834. The van der Waals surface area contributed by atoms with E-state index in [4.69, 9.17) is 5.73 Å². The topological polar surface area (TPSA) is 29.3 Å². The fourth-order valence-electron chi connectivity index (χ4n) is 2.76.